The fourth-order valence-electron chi connectivity index (χ4n) is 1.68. The number of halogens is 1. The highest BCUT2D eigenvalue weighted by atomic mass is 35.5. The van der Waals surface area contributed by atoms with E-state index in [4.69, 9.17) is 16.3 Å². The molecule has 1 amide bonds. The minimum absolute atomic E-state index is 0.147. The summed E-state index contributed by atoms with van der Waals surface area (Å²) in [6.45, 7) is 1.89. The number of carbonyl (C=O) groups excluding carboxylic acids is 1. The molecule has 2 rings (SSSR count). The van der Waals surface area contributed by atoms with Crippen LogP contribution in [0.2, 0.25) is 5.15 Å². The van der Waals surface area contributed by atoms with Crippen molar-refractivity contribution in [1.29, 1.82) is 0 Å². The van der Waals surface area contributed by atoms with Crippen LogP contribution in [0.15, 0.2) is 36.4 Å². The number of hydrogen-bond donors (Lipinski definition) is 1. The van der Waals surface area contributed by atoms with Gasteiger partial charge in [0, 0.05) is 0 Å². The summed E-state index contributed by atoms with van der Waals surface area (Å²) >= 11 is 5.63. The Bertz CT molecular complexity index is 584. The van der Waals surface area contributed by atoms with Crippen LogP contribution in [0.1, 0.15) is 29.0 Å². The molecule has 0 bridgehead atoms. The van der Waals surface area contributed by atoms with Gasteiger partial charge in [0.05, 0.1) is 13.2 Å². The van der Waals surface area contributed by atoms with Gasteiger partial charge in [-0.25, -0.2) is 0 Å². The van der Waals surface area contributed by atoms with Gasteiger partial charge in [0.1, 0.15) is 5.75 Å². The summed E-state index contributed by atoms with van der Waals surface area (Å²) in [5, 5.41) is 10.5. The van der Waals surface area contributed by atoms with Crippen LogP contribution in [-0.4, -0.2) is 23.2 Å². The zero-order valence-corrected chi connectivity index (χ0v) is 11.9. The van der Waals surface area contributed by atoms with Crippen LogP contribution in [0, 0.1) is 0 Å². The lowest BCUT2D eigenvalue weighted by molar-refractivity contribution is 0.0934. The van der Waals surface area contributed by atoms with Gasteiger partial charge in [0.2, 0.25) is 0 Å². The number of amides is 1. The Morgan fingerprint density at radius 2 is 1.90 bits per heavy atom. The third-order valence-corrected chi connectivity index (χ3v) is 3.03. The Morgan fingerprint density at radius 3 is 2.45 bits per heavy atom. The van der Waals surface area contributed by atoms with Gasteiger partial charge in [-0.15, -0.1) is 10.2 Å². The lowest BCUT2D eigenvalue weighted by Gasteiger charge is -2.14. The van der Waals surface area contributed by atoms with Crippen LogP contribution in [0.3, 0.4) is 0 Å². The van der Waals surface area contributed by atoms with E-state index in [9.17, 15) is 4.79 Å². The summed E-state index contributed by atoms with van der Waals surface area (Å²) in [5.74, 6) is 0.480. The van der Waals surface area contributed by atoms with Gasteiger partial charge in [-0.1, -0.05) is 23.7 Å². The van der Waals surface area contributed by atoms with Crippen LogP contribution in [-0.2, 0) is 0 Å². The van der Waals surface area contributed by atoms with Gasteiger partial charge in [-0.2, -0.15) is 0 Å². The second-order valence-electron chi connectivity index (χ2n) is 4.21. The van der Waals surface area contributed by atoms with E-state index < -0.39 is 0 Å². The number of benzene rings is 1. The average molecular weight is 292 g/mol. The Balaban J connectivity index is 2.04. The monoisotopic (exact) mass is 291 g/mol. The van der Waals surface area contributed by atoms with E-state index in [-0.39, 0.29) is 22.8 Å². The first-order valence-electron chi connectivity index (χ1n) is 6.04. The van der Waals surface area contributed by atoms with Crippen molar-refractivity contribution in [1.82, 2.24) is 15.5 Å². The van der Waals surface area contributed by atoms with Crippen molar-refractivity contribution in [3.05, 3.63) is 52.8 Å². The van der Waals surface area contributed by atoms with Crippen molar-refractivity contribution >= 4 is 17.5 Å². The normalized spacial score (nSPS) is 11.8. The lowest BCUT2D eigenvalue weighted by atomic mass is 10.1. The first-order valence-corrected chi connectivity index (χ1v) is 6.42. The van der Waals surface area contributed by atoms with Crippen LogP contribution >= 0.6 is 11.6 Å². The van der Waals surface area contributed by atoms with Crippen LogP contribution in [0.4, 0.5) is 0 Å². The van der Waals surface area contributed by atoms with Gasteiger partial charge in [0.25, 0.3) is 5.91 Å². The van der Waals surface area contributed by atoms with Gasteiger partial charge in [-0.05, 0) is 36.8 Å². The molecule has 20 heavy (non-hydrogen) atoms. The van der Waals surface area contributed by atoms with Crippen LogP contribution in [0.25, 0.3) is 0 Å². The summed E-state index contributed by atoms with van der Waals surface area (Å²) in [6.07, 6.45) is 0. The second kappa shape index (κ2) is 6.34. The van der Waals surface area contributed by atoms with Gasteiger partial charge in [0.15, 0.2) is 10.8 Å². The highest BCUT2D eigenvalue weighted by molar-refractivity contribution is 6.29. The maximum Gasteiger partial charge on any atom is 0.272 e. The third kappa shape index (κ3) is 3.45. The topological polar surface area (TPSA) is 64.1 Å². The van der Waals surface area contributed by atoms with Crippen molar-refractivity contribution in [3.8, 4) is 5.75 Å². The molecule has 1 unspecified atom stereocenters. The molecule has 2 aromatic rings. The molecule has 6 heteroatoms. The highest BCUT2D eigenvalue weighted by Crippen LogP contribution is 2.17. The first kappa shape index (κ1) is 14.3. The van der Waals surface area contributed by atoms with E-state index in [0.29, 0.717) is 0 Å². The Labute approximate surface area is 121 Å². The summed E-state index contributed by atoms with van der Waals surface area (Å²) < 4.78 is 5.09. The molecule has 1 aromatic carbocycles. The Kier molecular flexibility index (Phi) is 4.53. The van der Waals surface area contributed by atoms with Crippen molar-refractivity contribution < 1.29 is 9.53 Å². The molecular formula is C14H14ClN3O2. The minimum Gasteiger partial charge on any atom is -0.497 e. The largest absolute Gasteiger partial charge is 0.497 e. The smallest absolute Gasteiger partial charge is 0.272 e. The van der Waals surface area contributed by atoms with E-state index in [1.807, 2.05) is 31.2 Å². The Morgan fingerprint density at radius 1 is 1.20 bits per heavy atom. The molecule has 5 nitrogen and oxygen atoms in total. The van der Waals surface area contributed by atoms with Gasteiger partial charge >= 0.3 is 0 Å². The molecule has 0 saturated heterocycles. The molecule has 0 aliphatic heterocycles. The van der Waals surface area contributed by atoms with Crippen molar-refractivity contribution in [2.75, 3.05) is 7.11 Å². The predicted molar refractivity (Wildman–Crippen MR) is 75.9 cm³/mol. The zero-order valence-electron chi connectivity index (χ0n) is 11.1. The lowest BCUT2D eigenvalue weighted by Crippen LogP contribution is -2.27. The van der Waals surface area contributed by atoms with E-state index >= 15 is 0 Å². The second-order valence-corrected chi connectivity index (χ2v) is 4.60. The number of rotatable bonds is 4. The molecule has 1 N–H and O–H groups in total. The number of nitrogens with one attached hydrogen (secondary N) is 1. The maximum absolute atomic E-state index is 12.0. The number of aromatic nitrogens is 2. The molecule has 0 aliphatic rings. The predicted octanol–water partition coefficient (Wildman–Crippen LogP) is 2.63. The average Bonchev–Trinajstić information content (AvgIpc) is 2.48. The van der Waals surface area contributed by atoms with E-state index in [2.05, 4.69) is 15.5 Å². The molecule has 0 fully saturated rings. The Hall–Kier alpha value is -2.14. The number of hydrogen-bond acceptors (Lipinski definition) is 4. The van der Waals surface area contributed by atoms with Crippen LogP contribution in [0.5, 0.6) is 5.75 Å². The summed E-state index contributed by atoms with van der Waals surface area (Å²) in [5.41, 5.74) is 1.20. The third-order valence-electron chi connectivity index (χ3n) is 2.83. The van der Waals surface area contributed by atoms with Crippen molar-refractivity contribution in [2.45, 2.75) is 13.0 Å². The molecule has 0 spiro atoms. The van der Waals surface area contributed by atoms with E-state index in [0.717, 1.165) is 11.3 Å². The zero-order chi connectivity index (χ0) is 14.5. The highest BCUT2D eigenvalue weighted by Gasteiger charge is 2.13. The minimum atomic E-state index is -0.294. The van der Waals surface area contributed by atoms with Crippen molar-refractivity contribution in [3.63, 3.8) is 0 Å². The number of nitrogens with zero attached hydrogens (tertiary/aromatic N) is 2. The van der Waals surface area contributed by atoms with Gasteiger partial charge in [-0.3, -0.25) is 4.79 Å². The van der Waals surface area contributed by atoms with E-state index in [1.54, 1.807) is 7.11 Å². The van der Waals surface area contributed by atoms with Crippen LogP contribution < -0.4 is 10.1 Å². The number of carbonyl (C=O) groups is 1. The summed E-state index contributed by atoms with van der Waals surface area (Å²) in [6, 6.07) is 10.4. The summed E-state index contributed by atoms with van der Waals surface area (Å²) in [4.78, 5) is 12.0. The first-order chi connectivity index (χ1) is 9.60. The summed E-state index contributed by atoms with van der Waals surface area (Å²) in [7, 11) is 1.61. The molecule has 1 atom stereocenters. The molecule has 0 aliphatic carbocycles. The molecule has 0 radical (unpaired) electrons. The molecule has 1 heterocycles. The fourth-order valence-corrected chi connectivity index (χ4v) is 1.78. The number of methoxy groups -OCH3 is 1. The molecule has 104 valence electrons. The molecule has 1 aromatic heterocycles. The van der Waals surface area contributed by atoms with Gasteiger partial charge < -0.3 is 10.1 Å². The standard InChI is InChI=1S/C14H14ClN3O2/c1-9(10-3-5-11(20-2)6-4-10)16-14(19)12-7-8-13(15)18-17-12/h3-9H,1-2H3,(H,16,19). The maximum atomic E-state index is 12.0. The molecular weight excluding hydrogens is 278 g/mol. The SMILES string of the molecule is COc1ccc(C(C)NC(=O)c2ccc(Cl)nn2)cc1. The number of ether oxygens (including phenoxy) is 1. The fraction of sp³-hybridized carbons (Fsp3) is 0.214. The van der Waals surface area contributed by atoms with Crippen molar-refractivity contribution in [2.24, 2.45) is 0 Å². The van der Waals surface area contributed by atoms with E-state index in [1.165, 1.54) is 12.1 Å². The molecule has 0 saturated carbocycles. The quantitative estimate of drug-likeness (QED) is 0.940.